The van der Waals surface area contributed by atoms with Gasteiger partial charge in [0.1, 0.15) is 11.0 Å². The number of halogens is 1. The molecule has 1 aromatic rings. The first kappa shape index (κ1) is 13.4. The van der Waals surface area contributed by atoms with Gasteiger partial charge in [0, 0.05) is 37.9 Å². The number of nitrogen functional groups attached to an aromatic ring is 1. The summed E-state index contributed by atoms with van der Waals surface area (Å²) in [7, 11) is -3.11. The Kier molecular flexibility index (Phi) is 3.65. The normalized spacial score (nSPS) is 18.0. The van der Waals surface area contributed by atoms with Gasteiger partial charge in [-0.1, -0.05) is 11.6 Å². The quantitative estimate of drug-likeness (QED) is 0.798. The molecule has 0 unspecified atom stereocenters. The molecule has 0 aromatic carbocycles. The summed E-state index contributed by atoms with van der Waals surface area (Å²) in [6.07, 6.45) is 1.22. The minimum absolute atomic E-state index is 0.343. The number of nitrogens with zero attached hydrogens (tertiary/aromatic N) is 3. The van der Waals surface area contributed by atoms with Gasteiger partial charge in [0.05, 0.1) is 6.26 Å². The number of sulfonamides is 1. The Bertz CT molecular complexity index is 521. The summed E-state index contributed by atoms with van der Waals surface area (Å²) in [5.41, 5.74) is 6.26. The van der Waals surface area contributed by atoms with E-state index < -0.39 is 10.0 Å². The van der Waals surface area contributed by atoms with Crippen LogP contribution in [0.4, 0.5) is 11.5 Å². The van der Waals surface area contributed by atoms with Gasteiger partial charge >= 0.3 is 0 Å². The molecule has 0 atom stereocenters. The largest absolute Gasteiger partial charge is 0.399 e. The molecule has 2 heterocycles. The first-order valence-electron chi connectivity index (χ1n) is 5.49. The van der Waals surface area contributed by atoms with Crippen LogP contribution in [0.15, 0.2) is 12.1 Å². The highest BCUT2D eigenvalue weighted by atomic mass is 35.5. The fourth-order valence-electron chi connectivity index (χ4n) is 1.91. The van der Waals surface area contributed by atoms with Gasteiger partial charge in [-0.3, -0.25) is 0 Å². The lowest BCUT2D eigenvalue weighted by Crippen LogP contribution is -2.48. The maximum atomic E-state index is 11.4. The van der Waals surface area contributed by atoms with E-state index in [1.807, 2.05) is 4.90 Å². The Morgan fingerprint density at radius 1 is 1.28 bits per heavy atom. The van der Waals surface area contributed by atoms with Crippen LogP contribution in [0.3, 0.4) is 0 Å². The average molecular weight is 291 g/mol. The van der Waals surface area contributed by atoms with E-state index in [1.165, 1.54) is 10.6 Å². The van der Waals surface area contributed by atoms with E-state index in [-0.39, 0.29) is 0 Å². The van der Waals surface area contributed by atoms with Gasteiger partial charge in [-0.2, -0.15) is 4.31 Å². The lowest BCUT2D eigenvalue weighted by molar-refractivity contribution is 0.387. The summed E-state index contributed by atoms with van der Waals surface area (Å²) >= 11 is 5.85. The molecule has 1 aromatic heterocycles. The van der Waals surface area contributed by atoms with Crippen molar-refractivity contribution >= 4 is 33.1 Å². The van der Waals surface area contributed by atoms with E-state index >= 15 is 0 Å². The summed E-state index contributed by atoms with van der Waals surface area (Å²) in [5.74, 6) is 0.688. The number of pyridine rings is 1. The molecule has 0 saturated carbocycles. The first-order valence-corrected chi connectivity index (χ1v) is 7.72. The monoisotopic (exact) mass is 290 g/mol. The topological polar surface area (TPSA) is 79.5 Å². The summed E-state index contributed by atoms with van der Waals surface area (Å²) < 4.78 is 24.2. The maximum Gasteiger partial charge on any atom is 0.211 e. The molecular weight excluding hydrogens is 276 g/mol. The molecule has 0 aliphatic carbocycles. The molecule has 2 rings (SSSR count). The summed E-state index contributed by atoms with van der Waals surface area (Å²) in [6.45, 7) is 2.07. The fourth-order valence-corrected chi connectivity index (χ4v) is 2.95. The smallest absolute Gasteiger partial charge is 0.211 e. The Morgan fingerprint density at radius 3 is 2.39 bits per heavy atom. The van der Waals surface area contributed by atoms with Crippen molar-refractivity contribution in [2.24, 2.45) is 0 Å². The van der Waals surface area contributed by atoms with Crippen LogP contribution < -0.4 is 10.6 Å². The van der Waals surface area contributed by atoms with Gasteiger partial charge in [0.25, 0.3) is 0 Å². The van der Waals surface area contributed by atoms with Crippen molar-refractivity contribution in [3.05, 3.63) is 17.3 Å². The van der Waals surface area contributed by atoms with Crippen LogP contribution in [0.5, 0.6) is 0 Å². The molecule has 0 radical (unpaired) electrons. The number of hydrogen-bond acceptors (Lipinski definition) is 5. The lowest BCUT2D eigenvalue weighted by Gasteiger charge is -2.34. The predicted molar refractivity (Wildman–Crippen MR) is 72.3 cm³/mol. The molecule has 1 aliphatic heterocycles. The Hall–Kier alpha value is -1.05. The number of aromatic nitrogens is 1. The van der Waals surface area contributed by atoms with Crippen molar-refractivity contribution in [1.29, 1.82) is 0 Å². The van der Waals surface area contributed by atoms with E-state index in [2.05, 4.69) is 4.98 Å². The van der Waals surface area contributed by atoms with Crippen LogP contribution in [0.2, 0.25) is 5.15 Å². The molecular formula is C10H15ClN4O2S. The van der Waals surface area contributed by atoms with Gasteiger partial charge in [0.2, 0.25) is 10.0 Å². The van der Waals surface area contributed by atoms with Gasteiger partial charge < -0.3 is 10.6 Å². The number of nitrogens with two attached hydrogens (primary N) is 1. The molecule has 18 heavy (non-hydrogen) atoms. The molecule has 8 heteroatoms. The molecule has 6 nitrogen and oxygen atoms in total. The minimum atomic E-state index is -3.11. The third kappa shape index (κ3) is 3.04. The van der Waals surface area contributed by atoms with E-state index in [0.717, 1.165) is 0 Å². The maximum absolute atomic E-state index is 11.4. The second-order valence-corrected chi connectivity index (χ2v) is 6.60. The highest BCUT2D eigenvalue weighted by Crippen LogP contribution is 2.21. The van der Waals surface area contributed by atoms with Crippen molar-refractivity contribution in [3.63, 3.8) is 0 Å². The third-order valence-corrected chi connectivity index (χ3v) is 4.33. The Balaban J connectivity index is 2.10. The van der Waals surface area contributed by atoms with Crippen molar-refractivity contribution in [2.75, 3.05) is 43.1 Å². The lowest BCUT2D eigenvalue weighted by atomic mass is 10.3. The van der Waals surface area contributed by atoms with Crippen molar-refractivity contribution in [1.82, 2.24) is 9.29 Å². The van der Waals surface area contributed by atoms with Crippen LogP contribution in [-0.4, -0.2) is 50.1 Å². The Labute approximate surface area is 111 Å². The fraction of sp³-hybridized carbons (Fsp3) is 0.500. The van der Waals surface area contributed by atoms with Crippen molar-refractivity contribution < 1.29 is 8.42 Å². The summed E-state index contributed by atoms with van der Waals surface area (Å²) in [4.78, 5) is 6.16. The number of piperazine rings is 1. The van der Waals surface area contributed by atoms with E-state index in [4.69, 9.17) is 17.3 Å². The highest BCUT2D eigenvalue weighted by Gasteiger charge is 2.24. The SMILES string of the molecule is CS(=O)(=O)N1CCN(c2cc(N)cc(Cl)n2)CC1. The zero-order chi connectivity index (χ0) is 13.3. The molecule has 2 N–H and O–H groups in total. The zero-order valence-corrected chi connectivity index (χ0v) is 11.6. The number of anilines is 2. The van der Waals surface area contributed by atoms with Crippen molar-refractivity contribution in [3.8, 4) is 0 Å². The van der Waals surface area contributed by atoms with Gasteiger partial charge in [0.15, 0.2) is 0 Å². The van der Waals surface area contributed by atoms with Crippen LogP contribution >= 0.6 is 11.6 Å². The zero-order valence-electron chi connectivity index (χ0n) is 10.0. The van der Waals surface area contributed by atoms with Gasteiger partial charge in [-0.25, -0.2) is 13.4 Å². The van der Waals surface area contributed by atoms with E-state index in [0.29, 0.717) is 42.8 Å². The number of rotatable bonds is 2. The molecule has 0 spiro atoms. The van der Waals surface area contributed by atoms with E-state index in [1.54, 1.807) is 12.1 Å². The van der Waals surface area contributed by atoms with Crippen LogP contribution in [0.25, 0.3) is 0 Å². The van der Waals surface area contributed by atoms with Crippen molar-refractivity contribution in [2.45, 2.75) is 0 Å². The Morgan fingerprint density at radius 2 is 1.89 bits per heavy atom. The minimum Gasteiger partial charge on any atom is -0.399 e. The van der Waals surface area contributed by atoms with Crippen LogP contribution in [0, 0.1) is 0 Å². The molecule has 0 amide bonds. The summed E-state index contributed by atoms with van der Waals surface area (Å²) in [5, 5.41) is 0.343. The predicted octanol–water partition coefficient (Wildman–Crippen LogP) is 0.399. The first-order chi connectivity index (χ1) is 8.36. The molecule has 1 fully saturated rings. The van der Waals surface area contributed by atoms with Crippen LogP contribution in [-0.2, 0) is 10.0 Å². The molecule has 1 saturated heterocycles. The molecule has 0 bridgehead atoms. The molecule has 100 valence electrons. The second-order valence-electron chi connectivity index (χ2n) is 4.23. The van der Waals surface area contributed by atoms with Crippen LogP contribution in [0.1, 0.15) is 0 Å². The number of hydrogen-bond donors (Lipinski definition) is 1. The summed E-state index contributed by atoms with van der Waals surface area (Å²) in [6, 6.07) is 3.32. The second kappa shape index (κ2) is 4.91. The third-order valence-electron chi connectivity index (χ3n) is 2.83. The van der Waals surface area contributed by atoms with Gasteiger partial charge in [-0.05, 0) is 6.07 Å². The molecule has 1 aliphatic rings. The van der Waals surface area contributed by atoms with Gasteiger partial charge in [-0.15, -0.1) is 0 Å². The standard InChI is InChI=1S/C10H15ClN4O2S/c1-18(16,17)15-4-2-14(3-5-15)10-7-8(12)6-9(11)13-10/h6-7H,2-5H2,1H3,(H2,12,13). The average Bonchev–Trinajstić information content (AvgIpc) is 2.27. The van der Waals surface area contributed by atoms with E-state index in [9.17, 15) is 8.42 Å². The highest BCUT2D eigenvalue weighted by molar-refractivity contribution is 7.88.